The van der Waals surface area contributed by atoms with Gasteiger partial charge >= 0.3 is 0 Å². The zero-order chi connectivity index (χ0) is 6.41. The molecule has 44 valence electrons. The molecule has 0 saturated heterocycles. The third-order valence-corrected chi connectivity index (χ3v) is 0.583. The normalized spacial score (nSPS) is 13.6. The van der Waals surface area contributed by atoms with Crippen LogP contribution in [0.25, 0.3) is 0 Å². The fourth-order valence-corrected chi connectivity index (χ4v) is 0.230. The van der Waals surface area contributed by atoms with Crippen LogP contribution in [0.3, 0.4) is 0 Å². The van der Waals surface area contributed by atoms with Crippen LogP contribution in [0.5, 0.6) is 0 Å². The van der Waals surface area contributed by atoms with Crippen LogP contribution in [-0.4, -0.2) is 12.6 Å². The Labute approximate surface area is 49.0 Å². The van der Waals surface area contributed by atoms with Gasteiger partial charge in [-0.2, -0.15) is 15.5 Å². The lowest BCUT2D eigenvalue weighted by Gasteiger charge is -1.85. The Morgan fingerprint density at radius 1 is 1.75 bits per heavy atom. The second-order valence-corrected chi connectivity index (χ2v) is 1.38. The van der Waals surface area contributed by atoms with Gasteiger partial charge in [-0.3, -0.25) is 0 Å². The SMILES string of the molecule is CCN=NC(C)C#N. The first-order valence-electron chi connectivity index (χ1n) is 2.57. The third-order valence-electron chi connectivity index (χ3n) is 0.583. The van der Waals surface area contributed by atoms with Crippen molar-refractivity contribution in [2.24, 2.45) is 10.2 Å². The fourth-order valence-electron chi connectivity index (χ4n) is 0.230. The number of nitrogens with zero attached hydrogens (tertiary/aromatic N) is 3. The lowest BCUT2D eigenvalue weighted by atomic mass is 10.4. The van der Waals surface area contributed by atoms with Crippen LogP contribution in [0, 0.1) is 11.3 Å². The molecule has 0 amide bonds. The molecule has 0 heterocycles. The van der Waals surface area contributed by atoms with Crippen molar-refractivity contribution in [3.8, 4) is 6.07 Å². The van der Waals surface area contributed by atoms with E-state index in [0.717, 1.165) is 0 Å². The summed E-state index contributed by atoms with van der Waals surface area (Å²) in [6.07, 6.45) is 0. The molecule has 0 aliphatic carbocycles. The highest BCUT2D eigenvalue weighted by Crippen LogP contribution is 1.85. The van der Waals surface area contributed by atoms with Crippen molar-refractivity contribution in [2.45, 2.75) is 19.9 Å². The maximum absolute atomic E-state index is 8.16. The molecule has 0 radical (unpaired) electrons. The third kappa shape index (κ3) is 3.29. The first kappa shape index (κ1) is 7.09. The lowest BCUT2D eigenvalue weighted by molar-refractivity contribution is 0.813. The van der Waals surface area contributed by atoms with E-state index in [1.165, 1.54) is 0 Å². The fraction of sp³-hybridized carbons (Fsp3) is 0.800. The Morgan fingerprint density at radius 3 is 2.75 bits per heavy atom. The maximum Gasteiger partial charge on any atom is 0.154 e. The molecule has 1 atom stereocenters. The van der Waals surface area contributed by atoms with E-state index in [1.807, 2.05) is 13.0 Å². The van der Waals surface area contributed by atoms with Gasteiger partial charge in [0, 0.05) is 0 Å². The van der Waals surface area contributed by atoms with Crippen LogP contribution in [-0.2, 0) is 0 Å². The van der Waals surface area contributed by atoms with Gasteiger partial charge in [0.15, 0.2) is 6.04 Å². The van der Waals surface area contributed by atoms with Gasteiger partial charge in [-0.25, -0.2) is 0 Å². The summed E-state index contributed by atoms with van der Waals surface area (Å²) >= 11 is 0. The zero-order valence-corrected chi connectivity index (χ0v) is 5.13. The molecule has 8 heavy (non-hydrogen) atoms. The minimum Gasteiger partial charge on any atom is -0.196 e. The summed E-state index contributed by atoms with van der Waals surface area (Å²) in [5.41, 5.74) is 0. The Bertz CT molecular complexity index is 111. The van der Waals surface area contributed by atoms with E-state index in [4.69, 9.17) is 5.26 Å². The first-order chi connectivity index (χ1) is 3.81. The number of nitriles is 1. The van der Waals surface area contributed by atoms with Crippen LogP contribution >= 0.6 is 0 Å². The van der Waals surface area contributed by atoms with Crippen molar-refractivity contribution in [2.75, 3.05) is 6.54 Å². The molecule has 0 aromatic heterocycles. The van der Waals surface area contributed by atoms with Crippen LogP contribution in [0.2, 0.25) is 0 Å². The number of azo groups is 1. The van der Waals surface area contributed by atoms with Gasteiger partial charge < -0.3 is 0 Å². The van der Waals surface area contributed by atoms with Gasteiger partial charge in [0.05, 0.1) is 12.6 Å². The summed E-state index contributed by atoms with van der Waals surface area (Å²) in [6, 6.07) is 1.66. The molecular formula is C5H9N3. The van der Waals surface area contributed by atoms with Crippen molar-refractivity contribution in [1.82, 2.24) is 0 Å². The van der Waals surface area contributed by atoms with Crippen LogP contribution in [0.4, 0.5) is 0 Å². The summed E-state index contributed by atoms with van der Waals surface area (Å²) < 4.78 is 0. The maximum atomic E-state index is 8.16. The molecule has 0 aromatic rings. The Kier molecular flexibility index (Phi) is 3.77. The molecule has 0 aliphatic rings. The topological polar surface area (TPSA) is 48.5 Å². The van der Waals surface area contributed by atoms with Crippen molar-refractivity contribution in [3.05, 3.63) is 0 Å². The van der Waals surface area contributed by atoms with Crippen molar-refractivity contribution in [1.29, 1.82) is 5.26 Å². The highest BCUT2D eigenvalue weighted by molar-refractivity contribution is 4.83. The predicted molar refractivity (Wildman–Crippen MR) is 30.5 cm³/mol. The molecule has 0 aromatic carbocycles. The zero-order valence-electron chi connectivity index (χ0n) is 5.13. The molecule has 0 spiro atoms. The largest absolute Gasteiger partial charge is 0.196 e. The minimum absolute atomic E-state index is 0.282. The van der Waals surface area contributed by atoms with E-state index >= 15 is 0 Å². The Hall–Kier alpha value is -0.910. The highest BCUT2D eigenvalue weighted by Gasteiger charge is 1.89. The van der Waals surface area contributed by atoms with Gasteiger partial charge in [0.1, 0.15) is 0 Å². The van der Waals surface area contributed by atoms with Gasteiger partial charge in [0.2, 0.25) is 0 Å². The molecule has 0 aliphatic heterocycles. The minimum atomic E-state index is -0.282. The first-order valence-corrected chi connectivity index (χ1v) is 2.57. The summed E-state index contributed by atoms with van der Waals surface area (Å²) in [4.78, 5) is 0. The molecule has 0 saturated carbocycles. The van der Waals surface area contributed by atoms with E-state index < -0.39 is 0 Å². The second-order valence-electron chi connectivity index (χ2n) is 1.38. The molecule has 0 bridgehead atoms. The van der Waals surface area contributed by atoms with Crippen LogP contribution in [0.15, 0.2) is 10.2 Å². The molecule has 0 rings (SSSR count). The van der Waals surface area contributed by atoms with Crippen molar-refractivity contribution in [3.63, 3.8) is 0 Å². The highest BCUT2D eigenvalue weighted by atomic mass is 15.1. The molecule has 3 heteroatoms. The van der Waals surface area contributed by atoms with Crippen molar-refractivity contribution < 1.29 is 0 Å². The van der Waals surface area contributed by atoms with E-state index in [2.05, 4.69) is 10.2 Å². The Morgan fingerprint density at radius 2 is 2.38 bits per heavy atom. The molecule has 0 N–H and O–H groups in total. The average molecular weight is 111 g/mol. The summed E-state index contributed by atoms with van der Waals surface area (Å²) in [5, 5.41) is 15.4. The molecule has 0 fully saturated rings. The summed E-state index contributed by atoms with van der Waals surface area (Å²) in [5.74, 6) is 0. The summed E-state index contributed by atoms with van der Waals surface area (Å²) in [7, 11) is 0. The van der Waals surface area contributed by atoms with Gasteiger partial charge in [0.25, 0.3) is 0 Å². The van der Waals surface area contributed by atoms with Crippen molar-refractivity contribution >= 4 is 0 Å². The predicted octanol–water partition coefficient (Wildman–Crippen LogP) is 1.37. The Balaban J connectivity index is 3.40. The number of hydrogen-bond donors (Lipinski definition) is 0. The van der Waals surface area contributed by atoms with E-state index in [9.17, 15) is 0 Å². The molecule has 1 unspecified atom stereocenters. The monoisotopic (exact) mass is 111 g/mol. The van der Waals surface area contributed by atoms with Gasteiger partial charge in [-0.05, 0) is 13.8 Å². The van der Waals surface area contributed by atoms with E-state index in [1.54, 1.807) is 6.92 Å². The quantitative estimate of drug-likeness (QED) is 0.496. The second kappa shape index (κ2) is 4.25. The van der Waals surface area contributed by atoms with Crippen LogP contribution < -0.4 is 0 Å². The average Bonchev–Trinajstić information content (AvgIpc) is 1.83. The van der Waals surface area contributed by atoms with Gasteiger partial charge in [-0.15, -0.1) is 0 Å². The van der Waals surface area contributed by atoms with E-state index in [-0.39, 0.29) is 6.04 Å². The van der Waals surface area contributed by atoms with Gasteiger partial charge in [-0.1, -0.05) is 0 Å². The standard InChI is InChI=1S/C5H9N3/c1-3-7-8-5(2)4-6/h5H,3H2,1-2H3. The molecule has 3 nitrogen and oxygen atoms in total. The number of hydrogen-bond acceptors (Lipinski definition) is 3. The smallest absolute Gasteiger partial charge is 0.154 e. The van der Waals surface area contributed by atoms with Crippen LogP contribution in [0.1, 0.15) is 13.8 Å². The summed E-state index contributed by atoms with van der Waals surface area (Å²) in [6.45, 7) is 4.25. The van der Waals surface area contributed by atoms with E-state index in [0.29, 0.717) is 6.54 Å². The number of rotatable bonds is 2. The lowest BCUT2D eigenvalue weighted by Crippen LogP contribution is -1.88. The molecular weight excluding hydrogens is 102 g/mol.